The van der Waals surface area contributed by atoms with Gasteiger partial charge in [-0.3, -0.25) is 0 Å². The Balaban J connectivity index is 2.77. The second kappa shape index (κ2) is 3.83. The van der Waals surface area contributed by atoms with E-state index in [1.54, 1.807) is 7.11 Å². The number of nitrogens with two attached hydrogens (primary N) is 1. The van der Waals surface area contributed by atoms with Gasteiger partial charge in [-0.2, -0.15) is 0 Å². The summed E-state index contributed by atoms with van der Waals surface area (Å²) in [6.07, 6.45) is 0. The van der Waals surface area contributed by atoms with Crippen LogP contribution in [0.15, 0.2) is 18.2 Å². The van der Waals surface area contributed by atoms with E-state index in [9.17, 15) is 0 Å². The molecule has 2 aromatic rings. The third-order valence-electron chi connectivity index (χ3n) is 3.15. The second-order valence-corrected chi connectivity index (χ2v) is 4.24. The fraction of sp³-hybridized carbons (Fsp3) is 0.385. The summed E-state index contributed by atoms with van der Waals surface area (Å²) in [4.78, 5) is 0. The van der Waals surface area contributed by atoms with Crippen molar-refractivity contribution in [1.29, 1.82) is 0 Å². The van der Waals surface area contributed by atoms with Crippen molar-refractivity contribution in [3.8, 4) is 5.75 Å². The van der Waals surface area contributed by atoms with Gasteiger partial charge in [-0.05, 0) is 31.5 Å². The fourth-order valence-electron chi connectivity index (χ4n) is 2.40. The maximum Gasteiger partial charge on any atom is 0.120 e. The molecule has 16 heavy (non-hydrogen) atoms. The lowest BCUT2D eigenvalue weighted by Crippen LogP contribution is -2.11. The number of hydrogen-bond donors (Lipinski definition) is 1. The standard InChI is InChI=1S/C13H18N2O/c1-8-11-6-5-10(16-4)7-12(11)15(3)13(8)9(2)14/h5-7,9H,14H2,1-4H3. The van der Waals surface area contributed by atoms with Gasteiger partial charge in [-0.25, -0.2) is 0 Å². The van der Waals surface area contributed by atoms with Crippen molar-refractivity contribution in [2.45, 2.75) is 19.9 Å². The number of hydrogen-bond acceptors (Lipinski definition) is 2. The highest BCUT2D eigenvalue weighted by Gasteiger charge is 2.14. The van der Waals surface area contributed by atoms with E-state index in [-0.39, 0.29) is 6.04 Å². The number of aromatic nitrogens is 1. The van der Waals surface area contributed by atoms with Gasteiger partial charge in [-0.15, -0.1) is 0 Å². The number of benzene rings is 1. The van der Waals surface area contributed by atoms with Crippen LogP contribution >= 0.6 is 0 Å². The normalized spacial score (nSPS) is 13.1. The number of aryl methyl sites for hydroxylation is 2. The molecule has 0 bridgehead atoms. The van der Waals surface area contributed by atoms with Gasteiger partial charge >= 0.3 is 0 Å². The first kappa shape index (κ1) is 11.0. The predicted molar refractivity (Wildman–Crippen MR) is 66.8 cm³/mol. The number of methoxy groups -OCH3 is 1. The summed E-state index contributed by atoms with van der Waals surface area (Å²) in [5.41, 5.74) is 9.61. The first-order valence-corrected chi connectivity index (χ1v) is 5.44. The minimum absolute atomic E-state index is 0.0448. The zero-order valence-electron chi connectivity index (χ0n) is 10.2. The van der Waals surface area contributed by atoms with E-state index in [1.165, 1.54) is 22.2 Å². The molecule has 1 aromatic heterocycles. The SMILES string of the molecule is COc1ccc2c(C)c(C(C)N)n(C)c2c1. The lowest BCUT2D eigenvalue weighted by Gasteiger charge is -2.09. The third kappa shape index (κ3) is 1.48. The Morgan fingerprint density at radius 3 is 2.62 bits per heavy atom. The Morgan fingerprint density at radius 2 is 2.06 bits per heavy atom. The van der Waals surface area contributed by atoms with Crippen LogP contribution in [0.4, 0.5) is 0 Å². The molecule has 0 amide bonds. The molecule has 2 N–H and O–H groups in total. The summed E-state index contributed by atoms with van der Waals surface area (Å²) >= 11 is 0. The summed E-state index contributed by atoms with van der Waals surface area (Å²) in [5, 5.41) is 1.25. The molecule has 0 saturated carbocycles. The average Bonchev–Trinajstić information content (AvgIpc) is 2.51. The minimum Gasteiger partial charge on any atom is -0.497 e. The number of nitrogens with zero attached hydrogens (tertiary/aromatic N) is 1. The lowest BCUT2D eigenvalue weighted by molar-refractivity contribution is 0.415. The Bertz CT molecular complexity index is 526. The third-order valence-corrected chi connectivity index (χ3v) is 3.15. The van der Waals surface area contributed by atoms with E-state index < -0.39 is 0 Å². The lowest BCUT2D eigenvalue weighted by atomic mass is 10.1. The largest absolute Gasteiger partial charge is 0.497 e. The van der Waals surface area contributed by atoms with Crippen molar-refractivity contribution in [2.24, 2.45) is 12.8 Å². The second-order valence-electron chi connectivity index (χ2n) is 4.24. The molecule has 3 heteroatoms. The summed E-state index contributed by atoms with van der Waals surface area (Å²) in [6.45, 7) is 4.13. The smallest absolute Gasteiger partial charge is 0.120 e. The Hall–Kier alpha value is -1.48. The Labute approximate surface area is 95.8 Å². The first-order valence-electron chi connectivity index (χ1n) is 5.44. The van der Waals surface area contributed by atoms with Crippen LogP contribution in [0.2, 0.25) is 0 Å². The molecule has 0 aliphatic rings. The van der Waals surface area contributed by atoms with Crippen LogP contribution in [-0.2, 0) is 7.05 Å². The minimum atomic E-state index is 0.0448. The molecule has 2 rings (SSSR count). The van der Waals surface area contributed by atoms with Gasteiger partial charge in [0.25, 0.3) is 0 Å². The zero-order chi connectivity index (χ0) is 11.9. The molecule has 0 saturated heterocycles. The fourth-order valence-corrected chi connectivity index (χ4v) is 2.40. The van der Waals surface area contributed by atoms with Crippen molar-refractivity contribution in [2.75, 3.05) is 7.11 Å². The number of fused-ring (bicyclic) bond motifs is 1. The highest BCUT2D eigenvalue weighted by atomic mass is 16.5. The topological polar surface area (TPSA) is 40.2 Å². The molecular formula is C13H18N2O. The van der Waals surface area contributed by atoms with Crippen LogP contribution in [0.3, 0.4) is 0 Å². The quantitative estimate of drug-likeness (QED) is 0.841. The van der Waals surface area contributed by atoms with Gasteiger partial charge in [0, 0.05) is 30.2 Å². The molecule has 0 spiro atoms. The van der Waals surface area contributed by atoms with E-state index in [4.69, 9.17) is 10.5 Å². The van der Waals surface area contributed by atoms with Gasteiger partial charge in [0.05, 0.1) is 12.6 Å². The molecule has 0 aliphatic carbocycles. The molecule has 86 valence electrons. The van der Waals surface area contributed by atoms with Gasteiger partial charge in [-0.1, -0.05) is 0 Å². The summed E-state index contributed by atoms with van der Waals surface area (Å²) in [6, 6.07) is 6.17. The van der Waals surface area contributed by atoms with Crippen LogP contribution in [0, 0.1) is 6.92 Å². The molecule has 0 radical (unpaired) electrons. The highest BCUT2D eigenvalue weighted by Crippen LogP contribution is 2.30. The van der Waals surface area contributed by atoms with Gasteiger partial charge in [0.15, 0.2) is 0 Å². The summed E-state index contributed by atoms with van der Waals surface area (Å²) < 4.78 is 7.39. The van der Waals surface area contributed by atoms with Crippen molar-refractivity contribution in [3.63, 3.8) is 0 Å². The zero-order valence-corrected chi connectivity index (χ0v) is 10.2. The molecule has 1 heterocycles. The van der Waals surface area contributed by atoms with Crippen LogP contribution in [0.5, 0.6) is 5.75 Å². The molecule has 3 nitrogen and oxygen atoms in total. The number of ether oxygens (including phenoxy) is 1. The first-order chi connectivity index (χ1) is 7.56. The van der Waals surface area contributed by atoms with E-state index in [0.29, 0.717) is 0 Å². The van der Waals surface area contributed by atoms with Crippen molar-refractivity contribution >= 4 is 10.9 Å². The molecular weight excluding hydrogens is 200 g/mol. The Kier molecular flexibility index (Phi) is 2.64. The van der Waals surface area contributed by atoms with Gasteiger partial charge in [0.2, 0.25) is 0 Å². The Morgan fingerprint density at radius 1 is 1.38 bits per heavy atom. The number of rotatable bonds is 2. The maximum atomic E-state index is 6.00. The van der Waals surface area contributed by atoms with Gasteiger partial charge < -0.3 is 15.0 Å². The molecule has 1 atom stereocenters. The average molecular weight is 218 g/mol. The van der Waals surface area contributed by atoms with Crippen molar-refractivity contribution < 1.29 is 4.74 Å². The molecule has 1 aromatic carbocycles. The van der Waals surface area contributed by atoms with Gasteiger partial charge in [0.1, 0.15) is 5.75 Å². The van der Waals surface area contributed by atoms with Crippen molar-refractivity contribution in [1.82, 2.24) is 4.57 Å². The molecule has 0 fully saturated rings. The van der Waals surface area contributed by atoms with Crippen LogP contribution < -0.4 is 10.5 Å². The maximum absolute atomic E-state index is 6.00. The van der Waals surface area contributed by atoms with Crippen LogP contribution in [0.25, 0.3) is 10.9 Å². The van der Waals surface area contributed by atoms with E-state index >= 15 is 0 Å². The summed E-state index contributed by atoms with van der Waals surface area (Å²) in [7, 11) is 3.73. The van der Waals surface area contributed by atoms with E-state index in [0.717, 1.165) is 5.75 Å². The molecule has 0 aliphatic heterocycles. The van der Waals surface area contributed by atoms with Crippen LogP contribution in [0.1, 0.15) is 24.2 Å². The van der Waals surface area contributed by atoms with Crippen molar-refractivity contribution in [3.05, 3.63) is 29.5 Å². The van der Waals surface area contributed by atoms with Crippen LogP contribution in [-0.4, -0.2) is 11.7 Å². The van der Waals surface area contributed by atoms with E-state index in [2.05, 4.69) is 17.6 Å². The highest BCUT2D eigenvalue weighted by molar-refractivity contribution is 5.86. The predicted octanol–water partition coefficient (Wildman–Crippen LogP) is 2.52. The molecule has 1 unspecified atom stereocenters. The monoisotopic (exact) mass is 218 g/mol. The van der Waals surface area contributed by atoms with E-state index in [1.807, 2.05) is 26.1 Å². The summed E-state index contributed by atoms with van der Waals surface area (Å²) in [5.74, 6) is 0.879.